The van der Waals surface area contributed by atoms with Crippen LogP contribution in [0.4, 0.5) is 0 Å². The maximum atomic E-state index is 5.43. The van der Waals surface area contributed by atoms with Crippen LogP contribution in [0.25, 0.3) is 23.3 Å². The van der Waals surface area contributed by atoms with Crippen LogP contribution in [0.1, 0.15) is 11.1 Å². The van der Waals surface area contributed by atoms with Gasteiger partial charge in [-0.25, -0.2) is 0 Å². The fraction of sp³-hybridized carbons (Fsp3) is 0.0909. The number of hydrogen-bond donors (Lipinski definition) is 0. The second-order valence-electron chi connectivity index (χ2n) is 5.35. The minimum absolute atomic E-state index is 0.736. The van der Waals surface area contributed by atoms with E-state index in [4.69, 9.17) is 9.47 Å². The Kier molecular flexibility index (Phi) is 4.97. The molecule has 0 saturated carbocycles. The van der Waals surface area contributed by atoms with Gasteiger partial charge in [0.1, 0.15) is 11.5 Å². The van der Waals surface area contributed by atoms with Gasteiger partial charge >= 0.3 is 0 Å². The molecule has 2 nitrogen and oxygen atoms in total. The van der Waals surface area contributed by atoms with E-state index in [2.05, 4.69) is 30.3 Å². The molecule has 0 atom stereocenters. The van der Waals surface area contributed by atoms with Crippen LogP contribution in [0.3, 0.4) is 0 Å². The lowest BCUT2D eigenvalue weighted by Crippen LogP contribution is -1.88. The van der Waals surface area contributed by atoms with Gasteiger partial charge in [0.05, 0.1) is 14.2 Å². The van der Waals surface area contributed by atoms with E-state index in [1.165, 1.54) is 0 Å². The molecule has 0 saturated heterocycles. The minimum atomic E-state index is 0.736. The second-order valence-corrected chi connectivity index (χ2v) is 5.35. The SMILES string of the molecule is COc1ccc(C=Cc2cc(-c3ccccc3)c[c]c2OC)cc1. The van der Waals surface area contributed by atoms with Crippen molar-refractivity contribution in [1.29, 1.82) is 0 Å². The summed E-state index contributed by atoms with van der Waals surface area (Å²) in [6.07, 6.45) is 4.10. The van der Waals surface area contributed by atoms with Gasteiger partial charge in [-0.15, -0.1) is 0 Å². The lowest BCUT2D eigenvalue weighted by atomic mass is 10.0. The third-order valence-electron chi connectivity index (χ3n) is 3.81. The van der Waals surface area contributed by atoms with Gasteiger partial charge in [-0.2, -0.15) is 0 Å². The topological polar surface area (TPSA) is 18.5 Å². The largest absolute Gasteiger partial charge is 0.497 e. The number of methoxy groups -OCH3 is 2. The summed E-state index contributed by atoms with van der Waals surface area (Å²) in [5.41, 5.74) is 4.37. The third kappa shape index (κ3) is 3.66. The Morgan fingerprint density at radius 1 is 0.792 bits per heavy atom. The Morgan fingerprint density at radius 2 is 1.54 bits per heavy atom. The summed E-state index contributed by atoms with van der Waals surface area (Å²) < 4.78 is 10.6. The molecular formula is C22H19O2. The zero-order valence-electron chi connectivity index (χ0n) is 13.8. The Hall–Kier alpha value is -3.00. The molecule has 3 aromatic carbocycles. The van der Waals surface area contributed by atoms with Gasteiger partial charge in [-0.3, -0.25) is 0 Å². The Bertz CT molecular complexity index is 818. The highest BCUT2D eigenvalue weighted by Crippen LogP contribution is 2.27. The smallest absolute Gasteiger partial charge is 0.134 e. The molecule has 0 aliphatic rings. The average Bonchev–Trinajstić information content (AvgIpc) is 2.67. The number of hydrogen-bond acceptors (Lipinski definition) is 2. The van der Waals surface area contributed by atoms with Crippen LogP contribution in [-0.4, -0.2) is 14.2 Å². The standard InChI is InChI=1S/C22H19O2/c1-23-21-13-9-17(10-14-21)8-11-20-16-19(12-15-22(20)24-2)18-6-4-3-5-7-18/h3-14,16H,1-2H3. The maximum absolute atomic E-state index is 5.43. The minimum Gasteiger partial charge on any atom is -0.497 e. The molecule has 0 heterocycles. The van der Waals surface area contributed by atoms with E-state index in [0.717, 1.165) is 33.8 Å². The Balaban J connectivity index is 1.91. The van der Waals surface area contributed by atoms with Gasteiger partial charge in [-0.1, -0.05) is 54.6 Å². The molecule has 0 fully saturated rings. The van der Waals surface area contributed by atoms with Crippen molar-refractivity contribution in [1.82, 2.24) is 0 Å². The van der Waals surface area contributed by atoms with Crippen molar-refractivity contribution in [3.05, 3.63) is 83.9 Å². The van der Waals surface area contributed by atoms with Crippen LogP contribution in [0.15, 0.2) is 66.7 Å². The molecule has 24 heavy (non-hydrogen) atoms. The highest BCUT2D eigenvalue weighted by atomic mass is 16.5. The third-order valence-corrected chi connectivity index (χ3v) is 3.81. The lowest BCUT2D eigenvalue weighted by molar-refractivity contribution is 0.413. The van der Waals surface area contributed by atoms with Crippen molar-refractivity contribution in [3.63, 3.8) is 0 Å². The van der Waals surface area contributed by atoms with Crippen molar-refractivity contribution < 1.29 is 9.47 Å². The Labute approximate surface area is 143 Å². The van der Waals surface area contributed by atoms with Gasteiger partial charge in [0, 0.05) is 11.6 Å². The Morgan fingerprint density at radius 3 is 2.21 bits per heavy atom. The molecule has 0 unspecified atom stereocenters. The van der Waals surface area contributed by atoms with Crippen LogP contribution < -0.4 is 9.47 Å². The summed E-state index contributed by atoms with van der Waals surface area (Å²) in [5.74, 6) is 1.59. The van der Waals surface area contributed by atoms with Crippen LogP contribution in [0.2, 0.25) is 0 Å². The van der Waals surface area contributed by atoms with Gasteiger partial charge in [0.25, 0.3) is 0 Å². The van der Waals surface area contributed by atoms with Crippen molar-refractivity contribution in [3.8, 4) is 22.6 Å². The van der Waals surface area contributed by atoms with Crippen molar-refractivity contribution in [2.45, 2.75) is 0 Å². The van der Waals surface area contributed by atoms with E-state index in [1.54, 1.807) is 14.2 Å². The average molecular weight is 315 g/mol. The lowest BCUT2D eigenvalue weighted by Gasteiger charge is -2.08. The van der Waals surface area contributed by atoms with E-state index < -0.39 is 0 Å². The molecule has 0 N–H and O–H groups in total. The van der Waals surface area contributed by atoms with E-state index in [0.29, 0.717) is 0 Å². The highest BCUT2D eigenvalue weighted by molar-refractivity contribution is 5.76. The van der Waals surface area contributed by atoms with Gasteiger partial charge < -0.3 is 9.47 Å². The van der Waals surface area contributed by atoms with E-state index in [1.807, 2.05) is 54.6 Å². The van der Waals surface area contributed by atoms with E-state index >= 15 is 0 Å². The predicted octanol–water partition coefficient (Wildman–Crippen LogP) is 5.34. The van der Waals surface area contributed by atoms with Crippen molar-refractivity contribution >= 4 is 12.2 Å². The summed E-state index contributed by atoms with van der Waals surface area (Å²) >= 11 is 0. The second kappa shape index (κ2) is 7.51. The molecule has 0 aliphatic carbocycles. The molecule has 2 heteroatoms. The number of rotatable bonds is 5. The number of ether oxygens (including phenoxy) is 2. The maximum Gasteiger partial charge on any atom is 0.134 e. The molecule has 119 valence electrons. The first kappa shape index (κ1) is 15.9. The van der Waals surface area contributed by atoms with Crippen LogP contribution in [0.5, 0.6) is 11.5 Å². The fourth-order valence-electron chi connectivity index (χ4n) is 2.50. The highest BCUT2D eigenvalue weighted by Gasteiger charge is 2.04. The van der Waals surface area contributed by atoms with Crippen LogP contribution in [0, 0.1) is 6.07 Å². The molecule has 0 bridgehead atoms. The van der Waals surface area contributed by atoms with Crippen molar-refractivity contribution in [2.24, 2.45) is 0 Å². The first-order valence-corrected chi connectivity index (χ1v) is 7.77. The molecule has 0 aliphatic heterocycles. The molecule has 3 aromatic rings. The molecule has 0 aromatic heterocycles. The summed E-state index contributed by atoms with van der Waals surface area (Å²) in [6.45, 7) is 0. The summed E-state index contributed by atoms with van der Waals surface area (Å²) in [5, 5.41) is 0. The molecule has 0 spiro atoms. The zero-order chi connectivity index (χ0) is 16.8. The summed E-state index contributed by atoms with van der Waals surface area (Å²) in [6, 6.07) is 25.5. The monoisotopic (exact) mass is 315 g/mol. The summed E-state index contributed by atoms with van der Waals surface area (Å²) in [7, 11) is 3.33. The van der Waals surface area contributed by atoms with Gasteiger partial charge in [-0.05, 0) is 41.0 Å². The fourth-order valence-corrected chi connectivity index (χ4v) is 2.50. The molecular weight excluding hydrogens is 296 g/mol. The molecule has 3 rings (SSSR count). The zero-order valence-corrected chi connectivity index (χ0v) is 13.8. The first-order chi connectivity index (χ1) is 11.8. The van der Waals surface area contributed by atoms with E-state index in [-0.39, 0.29) is 0 Å². The molecule has 0 amide bonds. The summed E-state index contributed by atoms with van der Waals surface area (Å²) in [4.78, 5) is 0. The first-order valence-electron chi connectivity index (χ1n) is 7.77. The van der Waals surface area contributed by atoms with Crippen LogP contribution >= 0.6 is 0 Å². The molecule has 1 radical (unpaired) electrons. The van der Waals surface area contributed by atoms with E-state index in [9.17, 15) is 0 Å². The van der Waals surface area contributed by atoms with Gasteiger partial charge in [0.15, 0.2) is 0 Å². The predicted molar refractivity (Wildman–Crippen MR) is 99.2 cm³/mol. The van der Waals surface area contributed by atoms with Gasteiger partial charge in [0.2, 0.25) is 0 Å². The normalized spacial score (nSPS) is 10.8. The quantitative estimate of drug-likeness (QED) is 0.592. The van der Waals surface area contributed by atoms with Crippen molar-refractivity contribution in [2.75, 3.05) is 14.2 Å². The van der Waals surface area contributed by atoms with Crippen LogP contribution in [-0.2, 0) is 0 Å². The number of benzene rings is 3.